The van der Waals surface area contributed by atoms with Gasteiger partial charge in [-0.1, -0.05) is 78.9 Å². The van der Waals surface area contributed by atoms with Gasteiger partial charge in [0.25, 0.3) is 0 Å². The molecule has 0 unspecified atom stereocenters. The van der Waals surface area contributed by atoms with Crippen molar-refractivity contribution in [3.63, 3.8) is 0 Å². The van der Waals surface area contributed by atoms with Crippen LogP contribution in [-0.2, 0) is 0 Å². The molecule has 0 bridgehead atoms. The smallest absolute Gasteiger partial charge is 0.137 e. The number of benzene rings is 7. The maximum Gasteiger partial charge on any atom is 0.137 e. The number of furan rings is 1. The maximum atomic E-state index is 6.48. The van der Waals surface area contributed by atoms with Gasteiger partial charge in [-0.05, 0) is 103 Å². The molecule has 2 heterocycles. The monoisotopic (exact) mass is 631 g/mol. The first-order chi connectivity index (χ1) is 24.1. The van der Waals surface area contributed by atoms with Crippen LogP contribution in [0, 0.1) is 6.92 Å². The number of hydrogen-bond donors (Lipinski definition) is 1. The van der Waals surface area contributed by atoms with Crippen molar-refractivity contribution in [2.75, 3.05) is 10.2 Å². The van der Waals surface area contributed by atoms with Crippen LogP contribution in [0.5, 0.6) is 0 Å². The van der Waals surface area contributed by atoms with Gasteiger partial charge in [0.1, 0.15) is 11.2 Å². The van der Waals surface area contributed by atoms with Crippen molar-refractivity contribution in [2.45, 2.75) is 6.92 Å². The third kappa shape index (κ3) is 5.02. The molecule has 0 aliphatic rings. The van der Waals surface area contributed by atoms with Gasteiger partial charge in [-0.3, -0.25) is 0 Å². The summed E-state index contributed by atoms with van der Waals surface area (Å²) < 4.78 is 8.83. The number of anilines is 5. The number of aryl methyl sites for hydroxylation is 1. The largest absolute Gasteiger partial charge is 0.456 e. The fourth-order valence-electron chi connectivity index (χ4n) is 6.95. The van der Waals surface area contributed by atoms with E-state index in [9.17, 15) is 0 Å². The molecule has 0 fully saturated rings. The molecular weight excluding hydrogens is 599 g/mol. The highest BCUT2D eigenvalue weighted by atomic mass is 16.3. The van der Waals surface area contributed by atoms with Gasteiger partial charge in [-0.2, -0.15) is 0 Å². The van der Waals surface area contributed by atoms with Crippen LogP contribution in [0.25, 0.3) is 55.5 Å². The fourth-order valence-corrected chi connectivity index (χ4v) is 6.95. The van der Waals surface area contributed by atoms with E-state index in [-0.39, 0.29) is 0 Å². The number of fused-ring (bicyclic) bond motifs is 6. The molecule has 0 spiro atoms. The lowest BCUT2D eigenvalue weighted by Crippen LogP contribution is -2.09. The van der Waals surface area contributed by atoms with Crippen LogP contribution in [0.1, 0.15) is 11.1 Å². The summed E-state index contributed by atoms with van der Waals surface area (Å²) in [5.74, 6) is 0. The molecule has 0 aliphatic heterocycles. The minimum absolute atomic E-state index is 0.842. The molecule has 4 nitrogen and oxygen atoms in total. The van der Waals surface area contributed by atoms with Gasteiger partial charge in [0, 0.05) is 61.7 Å². The van der Waals surface area contributed by atoms with Gasteiger partial charge in [-0.15, -0.1) is 0 Å². The number of para-hydroxylation sites is 2. The van der Waals surface area contributed by atoms with E-state index in [4.69, 9.17) is 4.42 Å². The Labute approximate surface area is 284 Å². The van der Waals surface area contributed by atoms with E-state index >= 15 is 0 Å². The summed E-state index contributed by atoms with van der Waals surface area (Å²) in [7, 11) is 0. The normalized spacial score (nSPS) is 11.4. The standard InChI is InChI=1S/C45H33N3O/c1-3-31-15-20-35(21-16-31)47(36-23-25-43-40(28-36)38-11-7-8-12-42(38)48(43)34-9-5-4-6-10-34)37-22-24-39-41-27-33(19-26-44(41)49-45(39)29-37)46-32-17-13-30(2)14-18-32/h3-29,46H,1H2,2H3. The molecule has 2 aromatic heterocycles. The van der Waals surface area contributed by atoms with Crippen molar-refractivity contribution in [2.24, 2.45) is 0 Å². The van der Waals surface area contributed by atoms with Crippen LogP contribution in [0.15, 0.2) is 169 Å². The molecule has 9 aromatic rings. The third-order valence-corrected chi connectivity index (χ3v) is 9.37. The molecule has 4 heteroatoms. The van der Waals surface area contributed by atoms with Crippen LogP contribution >= 0.6 is 0 Å². The van der Waals surface area contributed by atoms with Crippen LogP contribution < -0.4 is 10.2 Å². The maximum absolute atomic E-state index is 6.48. The number of nitrogens with zero attached hydrogens (tertiary/aromatic N) is 2. The van der Waals surface area contributed by atoms with Gasteiger partial charge in [0.05, 0.1) is 11.0 Å². The van der Waals surface area contributed by atoms with E-state index in [1.54, 1.807) is 0 Å². The molecule has 49 heavy (non-hydrogen) atoms. The minimum Gasteiger partial charge on any atom is -0.456 e. The molecule has 0 saturated heterocycles. The first-order valence-electron chi connectivity index (χ1n) is 16.5. The Balaban J connectivity index is 1.18. The summed E-state index contributed by atoms with van der Waals surface area (Å²) in [5, 5.41) is 8.11. The van der Waals surface area contributed by atoms with Crippen molar-refractivity contribution in [3.05, 3.63) is 175 Å². The number of rotatable bonds is 7. The van der Waals surface area contributed by atoms with Crippen molar-refractivity contribution in [3.8, 4) is 5.69 Å². The Morgan fingerprint density at radius 1 is 0.551 bits per heavy atom. The highest BCUT2D eigenvalue weighted by molar-refractivity contribution is 6.11. The minimum atomic E-state index is 0.842. The number of aromatic nitrogens is 1. The van der Waals surface area contributed by atoms with E-state index in [1.165, 1.54) is 27.4 Å². The Morgan fingerprint density at radius 3 is 2.06 bits per heavy atom. The van der Waals surface area contributed by atoms with Crippen LogP contribution in [0.2, 0.25) is 0 Å². The first-order valence-corrected chi connectivity index (χ1v) is 16.5. The van der Waals surface area contributed by atoms with Crippen LogP contribution in [0.4, 0.5) is 28.4 Å². The Hall–Kier alpha value is -6.52. The summed E-state index contributed by atoms with van der Waals surface area (Å²) in [6.45, 7) is 6.07. The zero-order valence-corrected chi connectivity index (χ0v) is 27.1. The quantitative estimate of drug-likeness (QED) is 0.190. The summed E-state index contributed by atoms with van der Waals surface area (Å²) in [4.78, 5) is 2.30. The molecule has 1 N–H and O–H groups in total. The molecule has 234 valence electrons. The van der Waals surface area contributed by atoms with E-state index in [2.05, 4.69) is 180 Å². The lowest BCUT2D eigenvalue weighted by Gasteiger charge is -2.26. The second kappa shape index (κ2) is 11.6. The molecule has 0 saturated carbocycles. The fraction of sp³-hybridized carbons (Fsp3) is 0.0222. The van der Waals surface area contributed by atoms with E-state index in [0.717, 1.165) is 61.6 Å². The van der Waals surface area contributed by atoms with Gasteiger partial charge in [0.15, 0.2) is 0 Å². The molecule has 9 rings (SSSR count). The Morgan fingerprint density at radius 2 is 1.24 bits per heavy atom. The highest BCUT2D eigenvalue weighted by Crippen LogP contribution is 2.42. The zero-order valence-electron chi connectivity index (χ0n) is 27.1. The molecule has 0 radical (unpaired) electrons. The summed E-state index contributed by atoms with van der Waals surface area (Å²) in [5.41, 5.74) is 12.7. The van der Waals surface area contributed by atoms with Crippen LogP contribution in [0.3, 0.4) is 0 Å². The van der Waals surface area contributed by atoms with E-state index in [0.29, 0.717) is 0 Å². The van der Waals surface area contributed by atoms with Crippen molar-refractivity contribution >= 4 is 78.3 Å². The average molecular weight is 632 g/mol. The lowest BCUT2D eigenvalue weighted by molar-refractivity contribution is 0.669. The molecule has 7 aromatic carbocycles. The molecule has 0 atom stereocenters. The van der Waals surface area contributed by atoms with E-state index in [1.807, 2.05) is 12.1 Å². The molecule has 0 aliphatic carbocycles. The first kappa shape index (κ1) is 28.7. The van der Waals surface area contributed by atoms with Crippen molar-refractivity contribution < 1.29 is 4.42 Å². The number of nitrogens with one attached hydrogen (secondary N) is 1. The molecular formula is C45H33N3O. The van der Waals surface area contributed by atoms with Crippen molar-refractivity contribution in [1.82, 2.24) is 4.57 Å². The van der Waals surface area contributed by atoms with Crippen molar-refractivity contribution in [1.29, 1.82) is 0 Å². The SMILES string of the molecule is C=Cc1ccc(N(c2ccc3c(c2)oc2ccc(Nc4ccc(C)cc4)cc23)c2ccc3c(c2)c2ccccc2n3-c2ccccc2)cc1. The zero-order chi connectivity index (χ0) is 32.9. The summed E-state index contributed by atoms with van der Waals surface area (Å²) >= 11 is 0. The summed E-state index contributed by atoms with van der Waals surface area (Å²) in [6.07, 6.45) is 1.88. The highest BCUT2D eigenvalue weighted by Gasteiger charge is 2.19. The second-order valence-corrected chi connectivity index (χ2v) is 12.5. The lowest BCUT2D eigenvalue weighted by atomic mass is 10.1. The predicted octanol–water partition coefficient (Wildman–Crippen LogP) is 12.8. The number of hydrogen-bond acceptors (Lipinski definition) is 3. The van der Waals surface area contributed by atoms with Gasteiger partial charge < -0.3 is 19.2 Å². The molecule has 0 amide bonds. The summed E-state index contributed by atoms with van der Waals surface area (Å²) in [6, 6.07) is 55.8. The van der Waals surface area contributed by atoms with Gasteiger partial charge in [-0.25, -0.2) is 0 Å². The Bertz CT molecular complexity index is 2650. The van der Waals surface area contributed by atoms with Crippen LogP contribution in [-0.4, -0.2) is 4.57 Å². The Kier molecular flexibility index (Phi) is 6.80. The van der Waals surface area contributed by atoms with Gasteiger partial charge in [0.2, 0.25) is 0 Å². The average Bonchev–Trinajstić information content (AvgIpc) is 3.68. The third-order valence-electron chi connectivity index (χ3n) is 9.37. The predicted molar refractivity (Wildman–Crippen MR) is 207 cm³/mol. The van der Waals surface area contributed by atoms with Gasteiger partial charge >= 0.3 is 0 Å². The second-order valence-electron chi connectivity index (χ2n) is 12.5. The van der Waals surface area contributed by atoms with E-state index < -0.39 is 0 Å². The topological polar surface area (TPSA) is 33.3 Å².